The van der Waals surface area contributed by atoms with Crippen molar-refractivity contribution in [3.63, 3.8) is 0 Å². The topological polar surface area (TPSA) is 62.3 Å². The predicted molar refractivity (Wildman–Crippen MR) is 93.7 cm³/mol. The summed E-state index contributed by atoms with van der Waals surface area (Å²) in [6.07, 6.45) is 6.40. The number of amides is 2. The highest BCUT2D eigenvalue weighted by Gasteiger charge is 2.11. The lowest BCUT2D eigenvalue weighted by Crippen LogP contribution is -2.33. The first-order chi connectivity index (χ1) is 11.1. The van der Waals surface area contributed by atoms with E-state index in [1.165, 1.54) is 11.0 Å². The second-order valence-electron chi connectivity index (χ2n) is 4.84. The van der Waals surface area contributed by atoms with Gasteiger partial charge in [-0.1, -0.05) is 18.2 Å². The van der Waals surface area contributed by atoms with Gasteiger partial charge < -0.3 is 10.2 Å². The molecule has 0 saturated heterocycles. The number of nitrogens with zero attached hydrogens (tertiary/aromatic N) is 2. The minimum atomic E-state index is -0.262. The molecule has 1 heterocycles. The van der Waals surface area contributed by atoms with Gasteiger partial charge in [-0.15, -0.1) is 0 Å². The summed E-state index contributed by atoms with van der Waals surface area (Å²) in [5.41, 5.74) is 1.50. The molecule has 0 atom stereocenters. The first-order valence-electron chi connectivity index (χ1n) is 6.94. The number of rotatable bonds is 5. The molecule has 1 N–H and O–H groups in total. The average Bonchev–Trinajstić information content (AvgIpc) is 2.55. The molecule has 0 fully saturated rings. The first-order valence-corrected chi connectivity index (χ1v) is 7.73. The van der Waals surface area contributed by atoms with Gasteiger partial charge in [-0.25, -0.2) is 0 Å². The van der Waals surface area contributed by atoms with Crippen molar-refractivity contribution in [2.45, 2.75) is 0 Å². The molecule has 0 bridgehead atoms. The maximum absolute atomic E-state index is 12.0. The molecule has 5 nitrogen and oxygen atoms in total. The fourth-order valence-corrected chi connectivity index (χ4v) is 2.20. The van der Waals surface area contributed by atoms with Gasteiger partial charge in [-0.05, 0) is 45.8 Å². The van der Waals surface area contributed by atoms with Crippen LogP contribution in [0.1, 0.15) is 5.56 Å². The van der Waals surface area contributed by atoms with Crippen LogP contribution in [0.5, 0.6) is 0 Å². The van der Waals surface area contributed by atoms with Crippen LogP contribution in [0, 0.1) is 0 Å². The van der Waals surface area contributed by atoms with E-state index in [0.717, 1.165) is 10.0 Å². The average molecular weight is 374 g/mol. The number of pyridine rings is 1. The molecule has 0 saturated carbocycles. The van der Waals surface area contributed by atoms with Gasteiger partial charge in [0.2, 0.25) is 11.8 Å². The van der Waals surface area contributed by atoms with E-state index in [0.29, 0.717) is 5.69 Å². The second kappa shape index (κ2) is 8.24. The Morgan fingerprint density at radius 1 is 1.26 bits per heavy atom. The van der Waals surface area contributed by atoms with Crippen molar-refractivity contribution in [1.29, 1.82) is 0 Å². The number of hydrogen-bond acceptors (Lipinski definition) is 3. The summed E-state index contributed by atoms with van der Waals surface area (Å²) in [6.45, 7) is -0.0302. The molecule has 0 aliphatic heterocycles. The fraction of sp³-hybridized carbons (Fsp3) is 0.118. The van der Waals surface area contributed by atoms with Crippen LogP contribution in [0.3, 0.4) is 0 Å². The quantitative estimate of drug-likeness (QED) is 0.819. The zero-order valence-corrected chi connectivity index (χ0v) is 14.2. The van der Waals surface area contributed by atoms with Gasteiger partial charge >= 0.3 is 0 Å². The molecule has 0 spiro atoms. The predicted octanol–water partition coefficient (Wildman–Crippen LogP) is 2.95. The molecule has 1 aromatic carbocycles. The highest BCUT2D eigenvalue weighted by Crippen LogP contribution is 2.20. The van der Waals surface area contributed by atoms with Crippen LogP contribution >= 0.6 is 15.9 Å². The second-order valence-corrected chi connectivity index (χ2v) is 5.70. The van der Waals surface area contributed by atoms with E-state index in [2.05, 4.69) is 26.2 Å². The SMILES string of the molecule is CN(CC(=O)Nc1ccccc1Br)C(=O)/C=C/c1cccnc1. The summed E-state index contributed by atoms with van der Waals surface area (Å²) in [5.74, 6) is -0.515. The van der Waals surface area contributed by atoms with Crippen molar-refractivity contribution in [3.8, 4) is 0 Å². The van der Waals surface area contributed by atoms with Crippen molar-refractivity contribution in [2.24, 2.45) is 0 Å². The zero-order chi connectivity index (χ0) is 16.7. The van der Waals surface area contributed by atoms with Crippen LogP contribution in [-0.4, -0.2) is 35.3 Å². The number of anilines is 1. The van der Waals surface area contributed by atoms with Crippen LogP contribution in [0.25, 0.3) is 6.08 Å². The molecule has 118 valence electrons. The Balaban J connectivity index is 1.89. The van der Waals surface area contributed by atoms with Gasteiger partial charge in [-0.3, -0.25) is 14.6 Å². The molecule has 6 heteroatoms. The standard InChI is InChI=1S/C17H16BrN3O2/c1-21(17(23)9-8-13-5-4-10-19-11-13)12-16(22)20-15-7-3-2-6-14(15)18/h2-11H,12H2,1H3,(H,20,22)/b9-8+. The van der Waals surface area contributed by atoms with E-state index < -0.39 is 0 Å². The number of aromatic nitrogens is 1. The third-order valence-electron chi connectivity index (χ3n) is 3.01. The molecule has 2 aromatic rings. The van der Waals surface area contributed by atoms with E-state index >= 15 is 0 Å². The van der Waals surface area contributed by atoms with Crippen molar-refractivity contribution in [2.75, 3.05) is 18.9 Å². The molecule has 2 rings (SSSR count). The highest BCUT2D eigenvalue weighted by molar-refractivity contribution is 9.10. The zero-order valence-electron chi connectivity index (χ0n) is 12.6. The monoisotopic (exact) mass is 373 g/mol. The maximum Gasteiger partial charge on any atom is 0.246 e. The van der Waals surface area contributed by atoms with Gasteiger partial charge in [0.1, 0.15) is 0 Å². The molecular formula is C17H16BrN3O2. The molecule has 0 aliphatic rings. The molecule has 0 aliphatic carbocycles. The summed E-state index contributed by atoms with van der Waals surface area (Å²) in [4.78, 5) is 29.3. The molecule has 0 radical (unpaired) electrons. The Bertz CT molecular complexity index is 717. The summed E-state index contributed by atoms with van der Waals surface area (Å²) < 4.78 is 0.791. The minimum absolute atomic E-state index is 0.0302. The molecule has 1 aromatic heterocycles. The fourth-order valence-electron chi connectivity index (χ4n) is 1.81. The summed E-state index contributed by atoms with van der Waals surface area (Å²) >= 11 is 3.36. The minimum Gasteiger partial charge on any atom is -0.333 e. The maximum atomic E-state index is 12.0. The van der Waals surface area contributed by atoms with Crippen LogP contribution in [-0.2, 0) is 9.59 Å². The van der Waals surface area contributed by atoms with E-state index in [-0.39, 0.29) is 18.4 Å². The Kier molecular flexibility index (Phi) is 6.05. The smallest absolute Gasteiger partial charge is 0.246 e. The van der Waals surface area contributed by atoms with Gasteiger partial charge in [0.15, 0.2) is 0 Å². The van der Waals surface area contributed by atoms with Crippen LogP contribution in [0.4, 0.5) is 5.69 Å². The van der Waals surface area contributed by atoms with Crippen molar-refractivity contribution in [1.82, 2.24) is 9.88 Å². The van der Waals surface area contributed by atoms with E-state index in [1.54, 1.807) is 37.7 Å². The van der Waals surface area contributed by atoms with E-state index in [9.17, 15) is 9.59 Å². The third kappa shape index (κ3) is 5.34. The number of carbonyl (C=O) groups is 2. The van der Waals surface area contributed by atoms with Gasteiger partial charge in [0.25, 0.3) is 0 Å². The largest absolute Gasteiger partial charge is 0.333 e. The number of carbonyl (C=O) groups excluding carboxylic acids is 2. The highest BCUT2D eigenvalue weighted by atomic mass is 79.9. The van der Waals surface area contributed by atoms with Gasteiger partial charge in [0, 0.05) is 30.0 Å². The van der Waals surface area contributed by atoms with Gasteiger partial charge in [-0.2, -0.15) is 0 Å². The van der Waals surface area contributed by atoms with Gasteiger partial charge in [0.05, 0.1) is 12.2 Å². The first kappa shape index (κ1) is 16.9. The van der Waals surface area contributed by atoms with E-state index in [4.69, 9.17) is 0 Å². The van der Waals surface area contributed by atoms with Crippen molar-refractivity contribution < 1.29 is 9.59 Å². The third-order valence-corrected chi connectivity index (χ3v) is 3.70. The molecular weight excluding hydrogens is 358 g/mol. The Labute approximate surface area is 143 Å². The number of para-hydroxylation sites is 1. The number of likely N-dealkylation sites (N-methyl/N-ethyl adjacent to an activating group) is 1. The normalized spacial score (nSPS) is 10.5. The van der Waals surface area contributed by atoms with Crippen LogP contribution in [0.15, 0.2) is 59.3 Å². The number of benzene rings is 1. The Hall–Kier alpha value is -2.47. The number of nitrogens with one attached hydrogen (secondary N) is 1. The van der Waals surface area contributed by atoms with Crippen molar-refractivity contribution >= 4 is 39.5 Å². The molecule has 23 heavy (non-hydrogen) atoms. The summed E-state index contributed by atoms with van der Waals surface area (Å²) in [5, 5.41) is 2.76. The van der Waals surface area contributed by atoms with Crippen LogP contribution in [0.2, 0.25) is 0 Å². The van der Waals surface area contributed by atoms with E-state index in [1.807, 2.05) is 24.3 Å². The Morgan fingerprint density at radius 3 is 2.74 bits per heavy atom. The number of halogens is 1. The van der Waals surface area contributed by atoms with Crippen LogP contribution < -0.4 is 5.32 Å². The summed E-state index contributed by atoms with van der Waals surface area (Å²) in [6, 6.07) is 10.9. The lowest BCUT2D eigenvalue weighted by molar-refractivity contribution is -0.129. The molecule has 2 amide bonds. The molecule has 0 unspecified atom stereocenters. The lowest BCUT2D eigenvalue weighted by Gasteiger charge is -2.15. The number of hydrogen-bond donors (Lipinski definition) is 1. The Morgan fingerprint density at radius 2 is 2.04 bits per heavy atom. The lowest BCUT2D eigenvalue weighted by atomic mass is 10.2. The summed E-state index contributed by atoms with van der Waals surface area (Å²) in [7, 11) is 1.58. The van der Waals surface area contributed by atoms with Crippen molar-refractivity contribution in [3.05, 3.63) is 64.9 Å².